The van der Waals surface area contributed by atoms with Crippen molar-refractivity contribution in [2.45, 2.75) is 13.2 Å². The summed E-state index contributed by atoms with van der Waals surface area (Å²) in [5.41, 5.74) is 5.73. The van der Waals surface area contributed by atoms with Crippen molar-refractivity contribution in [2.24, 2.45) is 0 Å². The van der Waals surface area contributed by atoms with E-state index in [1.165, 1.54) is 12.1 Å². The van der Waals surface area contributed by atoms with Crippen LogP contribution in [0.5, 0.6) is 5.75 Å². The van der Waals surface area contributed by atoms with Gasteiger partial charge in [0.25, 0.3) is 0 Å². The summed E-state index contributed by atoms with van der Waals surface area (Å²) in [6.45, 7) is 1.16. The molecule has 38 heavy (non-hydrogen) atoms. The molecule has 6 heteroatoms. The summed E-state index contributed by atoms with van der Waals surface area (Å²) in [5, 5.41) is 0. The smallest absolute Gasteiger partial charge is 0.169 e. The third-order valence-electron chi connectivity index (χ3n) is 6.35. The molecule has 4 aromatic carbocycles. The number of hydrogen-bond acceptors (Lipinski definition) is 3. The molecule has 186 valence electrons. The number of pyridine rings is 1. The lowest BCUT2D eigenvalue weighted by Crippen LogP contribution is -2.00. The van der Waals surface area contributed by atoms with Gasteiger partial charge < -0.3 is 9.30 Å². The highest BCUT2D eigenvalue weighted by Crippen LogP contribution is 2.28. The maximum atomic E-state index is 14.2. The van der Waals surface area contributed by atoms with Crippen molar-refractivity contribution in [1.82, 2.24) is 14.5 Å². The highest BCUT2D eigenvalue weighted by Gasteiger charge is 2.17. The SMILES string of the molecule is Fc1cccc(-c2nc3ccn(Cc4ccc(-c5cccc(OCc6ccccc6)c5)cc4)cc-3n2)c1F. The first-order chi connectivity index (χ1) is 18.6. The van der Waals surface area contributed by atoms with Crippen LogP contribution in [0.2, 0.25) is 0 Å². The average Bonchev–Trinajstić information content (AvgIpc) is 3.38. The van der Waals surface area contributed by atoms with E-state index >= 15 is 0 Å². The van der Waals surface area contributed by atoms with Crippen molar-refractivity contribution >= 4 is 0 Å². The molecule has 0 spiro atoms. The molecule has 0 atom stereocenters. The standard InChI is InChI=1S/C32H23F2N3O/c33-28-11-5-10-27(31(28)34)32-35-29-16-17-37(20-30(29)36-32)19-22-12-14-24(15-13-22)25-8-4-9-26(18-25)38-21-23-6-2-1-3-7-23/h1-18,20H,19,21H2. The molecule has 0 bridgehead atoms. The van der Waals surface area contributed by atoms with Gasteiger partial charge in [-0.05, 0) is 52.6 Å². The van der Waals surface area contributed by atoms with E-state index in [4.69, 9.17) is 4.74 Å². The van der Waals surface area contributed by atoms with E-state index in [9.17, 15) is 8.78 Å². The fraction of sp³-hybridized carbons (Fsp3) is 0.0625. The van der Waals surface area contributed by atoms with Crippen LogP contribution in [0.3, 0.4) is 0 Å². The van der Waals surface area contributed by atoms with Gasteiger partial charge in [-0.2, -0.15) is 0 Å². The van der Waals surface area contributed by atoms with Crippen LogP contribution >= 0.6 is 0 Å². The Hall–Kier alpha value is -4.84. The van der Waals surface area contributed by atoms with Gasteiger partial charge in [0.2, 0.25) is 0 Å². The summed E-state index contributed by atoms with van der Waals surface area (Å²) in [5.74, 6) is -0.855. The first-order valence-corrected chi connectivity index (χ1v) is 12.3. The fourth-order valence-electron chi connectivity index (χ4n) is 4.37. The highest BCUT2D eigenvalue weighted by atomic mass is 19.2. The van der Waals surface area contributed by atoms with E-state index < -0.39 is 11.6 Å². The van der Waals surface area contributed by atoms with Gasteiger partial charge in [-0.15, -0.1) is 0 Å². The third-order valence-corrected chi connectivity index (χ3v) is 6.35. The lowest BCUT2D eigenvalue weighted by atomic mass is 10.0. The summed E-state index contributed by atoms with van der Waals surface area (Å²) in [6, 6.07) is 32.4. The molecule has 2 aliphatic rings. The van der Waals surface area contributed by atoms with Crippen LogP contribution in [0.25, 0.3) is 33.9 Å². The molecular formula is C32H23F2N3O. The Morgan fingerprint density at radius 1 is 0.684 bits per heavy atom. The Kier molecular flexibility index (Phi) is 6.36. The predicted molar refractivity (Wildman–Crippen MR) is 144 cm³/mol. The Morgan fingerprint density at radius 2 is 1.47 bits per heavy atom. The molecule has 4 nitrogen and oxygen atoms in total. The molecule has 2 heterocycles. The van der Waals surface area contributed by atoms with Gasteiger partial charge in [0.05, 0.1) is 11.3 Å². The first-order valence-electron chi connectivity index (χ1n) is 12.3. The number of rotatable bonds is 7. The van der Waals surface area contributed by atoms with Gasteiger partial charge in [0.1, 0.15) is 18.1 Å². The number of benzene rings is 4. The number of halogens is 2. The van der Waals surface area contributed by atoms with Gasteiger partial charge in [-0.3, -0.25) is 0 Å². The molecular weight excluding hydrogens is 480 g/mol. The molecule has 0 saturated carbocycles. The monoisotopic (exact) mass is 503 g/mol. The van der Waals surface area contributed by atoms with Crippen LogP contribution in [0, 0.1) is 11.6 Å². The first kappa shape index (κ1) is 23.6. The van der Waals surface area contributed by atoms with Crippen molar-refractivity contribution in [3.8, 4) is 39.7 Å². The second-order valence-electron chi connectivity index (χ2n) is 9.04. The largest absolute Gasteiger partial charge is 0.489 e. The van der Waals surface area contributed by atoms with Crippen LogP contribution in [-0.4, -0.2) is 14.5 Å². The Morgan fingerprint density at radius 3 is 2.32 bits per heavy atom. The third kappa shape index (κ3) is 5.02. The second kappa shape index (κ2) is 10.3. The van der Waals surface area contributed by atoms with Crippen LogP contribution in [0.15, 0.2) is 116 Å². The summed E-state index contributed by atoms with van der Waals surface area (Å²) in [6.07, 6.45) is 3.77. The van der Waals surface area contributed by atoms with Gasteiger partial charge in [-0.1, -0.05) is 72.8 Å². The van der Waals surface area contributed by atoms with Crippen LogP contribution < -0.4 is 4.74 Å². The van der Waals surface area contributed by atoms with E-state index in [2.05, 4.69) is 40.3 Å². The van der Waals surface area contributed by atoms with E-state index in [-0.39, 0.29) is 11.4 Å². The summed E-state index contributed by atoms with van der Waals surface area (Å²) in [7, 11) is 0. The lowest BCUT2D eigenvalue weighted by Gasteiger charge is -2.10. The normalized spacial score (nSPS) is 11.1. The Labute approximate surface area is 219 Å². The number of ether oxygens (including phenoxy) is 1. The van der Waals surface area contributed by atoms with Crippen molar-refractivity contribution in [3.63, 3.8) is 0 Å². The molecule has 0 saturated heterocycles. The van der Waals surface area contributed by atoms with E-state index in [0.29, 0.717) is 24.5 Å². The highest BCUT2D eigenvalue weighted by molar-refractivity contribution is 5.67. The van der Waals surface area contributed by atoms with Gasteiger partial charge in [-0.25, -0.2) is 18.7 Å². The molecule has 0 aliphatic carbocycles. The summed E-state index contributed by atoms with van der Waals surface area (Å²) < 4.78 is 35.8. The van der Waals surface area contributed by atoms with Gasteiger partial charge >= 0.3 is 0 Å². The van der Waals surface area contributed by atoms with Crippen molar-refractivity contribution < 1.29 is 13.5 Å². The molecule has 0 unspecified atom stereocenters. The molecule has 0 radical (unpaired) electrons. The minimum absolute atomic E-state index is 0.0536. The zero-order chi connectivity index (χ0) is 25.9. The maximum absolute atomic E-state index is 14.2. The van der Waals surface area contributed by atoms with Gasteiger partial charge in [0.15, 0.2) is 17.5 Å². The Balaban J connectivity index is 1.16. The summed E-state index contributed by atoms with van der Waals surface area (Å²) >= 11 is 0. The van der Waals surface area contributed by atoms with Crippen LogP contribution in [0.4, 0.5) is 8.78 Å². The van der Waals surface area contributed by atoms with Crippen LogP contribution in [0.1, 0.15) is 11.1 Å². The number of imidazole rings is 1. The quantitative estimate of drug-likeness (QED) is 0.225. The van der Waals surface area contributed by atoms with Crippen molar-refractivity contribution in [3.05, 3.63) is 138 Å². The minimum Gasteiger partial charge on any atom is -0.489 e. The molecule has 4 aromatic rings. The number of aromatic nitrogens is 3. The predicted octanol–water partition coefficient (Wildman–Crippen LogP) is 7.62. The van der Waals surface area contributed by atoms with E-state index in [0.717, 1.165) is 34.1 Å². The molecule has 0 aromatic heterocycles. The zero-order valence-electron chi connectivity index (χ0n) is 20.4. The van der Waals surface area contributed by atoms with Crippen molar-refractivity contribution in [2.75, 3.05) is 0 Å². The number of fused-ring (bicyclic) bond motifs is 1. The molecule has 6 rings (SSSR count). The van der Waals surface area contributed by atoms with Gasteiger partial charge in [0, 0.05) is 18.9 Å². The molecule has 0 fully saturated rings. The van der Waals surface area contributed by atoms with E-state index in [1.807, 2.05) is 71.6 Å². The number of nitrogens with zero attached hydrogens (tertiary/aromatic N) is 3. The van der Waals surface area contributed by atoms with Crippen LogP contribution in [-0.2, 0) is 13.2 Å². The average molecular weight is 504 g/mol. The zero-order valence-corrected chi connectivity index (χ0v) is 20.4. The van der Waals surface area contributed by atoms with Crippen molar-refractivity contribution in [1.29, 1.82) is 0 Å². The fourth-order valence-corrected chi connectivity index (χ4v) is 4.37. The maximum Gasteiger partial charge on any atom is 0.169 e. The number of hydrogen-bond donors (Lipinski definition) is 0. The minimum atomic E-state index is -0.941. The lowest BCUT2D eigenvalue weighted by molar-refractivity contribution is 0.306. The molecule has 0 amide bonds. The Bertz CT molecular complexity index is 1660. The van der Waals surface area contributed by atoms with E-state index in [1.54, 1.807) is 0 Å². The molecule has 2 aliphatic heterocycles. The summed E-state index contributed by atoms with van der Waals surface area (Å²) in [4.78, 5) is 8.81. The second-order valence-corrected chi connectivity index (χ2v) is 9.04. The molecule has 0 N–H and O–H groups in total. The topological polar surface area (TPSA) is 39.9 Å².